The first kappa shape index (κ1) is 13.9. The molecule has 5 nitrogen and oxygen atoms in total. The van der Waals surface area contributed by atoms with Gasteiger partial charge in [-0.3, -0.25) is 4.79 Å². The molecule has 108 valence electrons. The maximum atomic E-state index is 12.1. The van der Waals surface area contributed by atoms with Crippen LogP contribution in [0.5, 0.6) is 0 Å². The minimum Gasteiger partial charge on any atom is -0.340 e. The summed E-state index contributed by atoms with van der Waals surface area (Å²) in [4.78, 5) is 23.6. The molecule has 0 fully saturated rings. The second-order valence-electron chi connectivity index (χ2n) is 4.94. The van der Waals surface area contributed by atoms with Gasteiger partial charge in [0.1, 0.15) is 11.2 Å². The number of hydrogen-bond acceptors (Lipinski definition) is 5. The third kappa shape index (κ3) is 2.85. The quantitative estimate of drug-likeness (QED) is 0.673. The zero-order valence-corrected chi connectivity index (χ0v) is 12.8. The molecule has 0 amide bonds. The lowest BCUT2D eigenvalue weighted by molar-refractivity contribution is 0.942. The largest absolute Gasteiger partial charge is 0.340 e. The lowest BCUT2D eigenvalue weighted by atomic mass is 10.0. The van der Waals surface area contributed by atoms with Gasteiger partial charge in [0, 0.05) is 11.9 Å². The van der Waals surface area contributed by atoms with Crippen LogP contribution in [0.1, 0.15) is 19.8 Å². The molecule has 0 radical (unpaired) electrons. The molecule has 0 atom stereocenters. The molecular formula is C15H16N4OS. The van der Waals surface area contributed by atoms with E-state index in [9.17, 15) is 4.79 Å². The standard InChI is InChI=1S/C15H16N4OS/c1-9-4-3-5-10(8-9)17-13-12-11(6-7-16-14(12)20)18-15(19-13)21-2/h5-8H,3-4H2,1-2H3,(H,16,20)(H,17,18,19). The molecule has 0 bridgehead atoms. The minimum atomic E-state index is -0.181. The van der Waals surface area contributed by atoms with Crippen LogP contribution in [0.15, 0.2) is 45.6 Å². The number of anilines is 1. The Morgan fingerprint density at radius 1 is 1.38 bits per heavy atom. The van der Waals surface area contributed by atoms with Crippen molar-refractivity contribution in [1.82, 2.24) is 15.0 Å². The molecule has 21 heavy (non-hydrogen) atoms. The van der Waals surface area contributed by atoms with E-state index in [0.29, 0.717) is 21.9 Å². The first-order valence-corrected chi connectivity index (χ1v) is 7.97. The lowest BCUT2D eigenvalue weighted by Crippen LogP contribution is -2.12. The lowest BCUT2D eigenvalue weighted by Gasteiger charge is -2.14. The highest BCUT2D eigenvalue weighted by molar-refractivity contribution is 7.98. The number of H-pyrrole nitrogens is 1. The average molecular weight is 300 g/mol. The van der Waals surface area contributed by atoms with E-state index in [2.05, 4.69) is 39.3 Å². The fraction of sp³-hybridized carbons (Fsp3) is 0.267. The van der Waals surface area contributed by atoms with Crippen molar-refractivity contribution in [3.63, 3.8) is 0 Å². The van der Waals surface area contributed by atoms with E-state index in [0.717, 1.165) is 18.5 Å². The van der Waals surface area contributed by atoms with E-state index in [-0.39, 0.29) is 5.56 Å². The number of thioether (sulfide) groups is 1. The molecule has 1 aliphatic carbocycles. The number of rotatable bonds is 3. The van der Waals surface area contributed by atoms with Gasteiger partial charge in [-0.1, -0.05) is 23.4 Å². The van der Waals surface area contributed by atoms with Crippen molar-refractivity contribution >= 4 is 28.5 Å². The number of pyridine rings is 1. The third-order valence-electron chi connectivity index (χ3n) is 3.35. The van der Waals surface area contributed by atoms with Crippen LogP contribution in [0, 0.1) is 0 Å². The molecule has 0 saturated heterocycles. The van der Waals surface area contributed by atoms with Crippen molar-refractivity contribution in [3.05, 3.63) is 46.0 Å². The summed E-state index contributed by atoms with van der Waals surface area (Å²) < 4.78 is 0. The van der Waals surface area contributed by atoms with Gasteiger partial charge in [-0.05, 0) is 38.2 Å². The summed E-state index contributed by atoms with van der Waals surface area (Å²) in [5.41, 5.74) is 2.77. The smallest absolute Gasteiger partial charge is 0.261 e. The Hall–Kier alpha value is -2.08. The highest BCUT2D eigenvalue weighted by Crippen LogP contribution is 2.24. The van der Waals surface area contributed by atoms with Crippen LogP contribution in [0.25, 0.3) is 10.9 Å². The fourth-order valence-electron chi connectivity index (χ4n) is 2.33. The first-order chi connectivity index (χ1) is 10.2. The summed E-state index contributed by atoms with van der Waals surface area (Å²) in [5.74, 6) is 0.559. The van der Waals surface area contributed by atoms with Crippen LogP contribution in [0.3, 0.4) is 0 Å². The molecule has 1 aliphatic rings. The topological polar surface area (TPSA) is 70.7 Å². The maximum absolute atomic E-state index is 12.1. The number of fused-ring (bicyclic) bond motifs is 1. The highest BCUT2D eigenvalue weighted by atomic mass is 32.2. The van der Waals surface area contributed by atoms with E-state index in [1.807, 2.05) is 6.26 Å². The van der Waals surface area contributed by atoms with Crippen molar-refractivity contribution in [2.75, 3.05) is 11.6 Å². The van der Waals surface area contributed by atoms with Gasteiger partial charge in [0.05, 0.1) is 5.52 Å². The van der Waals surface area contributed by atoms with Crippen molar-refractivity contribution < 1.29 is 0 Å². The number of aromatic nitrogens is 3. The summed E-state index contributed by atoms with van der Waals surface area (Å²) in [6.07, 6.45) is 9.81. The summed E-state index contributed by atoms with van der Waals surface area (Å²) >= 11 is 1.46. The van der Waals surface area contributed by atoms with Crippen molar-refractivity contribution in [2.24, 2.45) is 0 Å². The van der Waals surface area contributed by atoms with Crippen LogP contribution in [-0.4, -0.2) is 21.2 Å². The number of allylic oxidation sites excluding steroid dienone is 3. The zero-order chi connectivity index (χ0) is 14.8. The van der Waals surface area contributed by atoms with Gasteiger partial charge in [-0.15, -0.1) is 0 Å². The van der Waals surface area contributed by atoms with Crippen molar-refractivity contribution in [2.45, 2.75) is 24.9 Å². The van der Waals surface area contributed by atoms with Crippen molar-refractivity contribution in [3.8, 4) is 0 Å². The van der Waals surface area contributed by atoms with Crippen LogP contribution < -0.4 is 10.9 Å². The van der Waals surface area contributed by atoms with Crippen LogP contribution >= 0.6 is 11.8 Å². The van der Waals surface area contributed by atoms with Gasteiger partial charge in [0.25, 0.3) is 5.56 Å². The number of hydrogen-bond donors (Lipinski definition) is 2. The van der Waals surface area contributed by atoms with Gasteiger partial charge in [0.2, 0.25) is 0 Å². The number of nitrogens with one attached hydrogen (secondary N) is 2. The summed E-state index contributed by atoms with van der Waals surface area (Å²) in [5, 5.41) is 4.41. The van der Waals surface area contributed by atoms with Crippen LogP contribution in [-0.2, 0) is 0 Å². The molecule has 3 rings (SSSR count). The van der Waals surface area contributed by atoms with Gasteiger partial charge in [0.15, 0.2) is 5.16 Å². The maximum Gasteiger partial charge on any atom is 0.261 e. The molecule has 6 heteroatoms. The number of aromatic amines is 1. The minimum absolute atomic E-state index is 0.181. The molecule has 2 aromatic heterocycles. The van der Waals surface area contributed by atoms with Gasteiger partial charge in [-0.25, -0.2) is 9.97 Å². The van der Waals surface area contributed by atoms with Gasteiger partial charge >= 0.3 is 0 Å². The zero-order valence-electron chi connectivity index (χ0n) is 11.9. The number of nitrogens with zero attached hydrogens (tertiary/aromatic N) is 2. The van der Waals surface area contributed by atoms with E-state index >= 15 is 0 Å². The SMILES string of the molecule is CSc1nc(NC2=CCCC(C)=C2)c2c(=O)[nH]ccc2n1. The predicted molar refractivity (Wildman–Crippen MR) is 86.6 cm³/mol. The second-order valence-corrected chi connectivity index (χ2v) is 5.71. The molecule has 0 aliphatic heterocycles. The molecule has 2 aromatic rings. The Kier molecular flexibility index (Phi) is 3.79. The molecule has 0 aromatic carbocycles. The predicted octanol–water partition coefficient (Wildman–Crippen LogP) is 3.08. The molecule has 0 spiro atoms. The van der Waals surface area contributed by atoms with Gasteiger partial charge in [-0.2, -0.15) is 0 Å². The molecule has 0 unspecified atom stereocenters. The van der Waals surface area contributed by atoms with E-state index < -0.39 is 0 Å². The van der Waals surface area contributed by atoms with Crippen LogP contribution in [0.4, 0.5) is 5.82 Å². The first-order valence-electron chi connectivity index (χ1n) is 6.75. The van der Waals surface area contributed by atoms with E-state index in [1.54, 1.807) is 12.3 Å². The molecule has 2 N–H and O–H groups in total. The Morgan fingerprint density at radius 2 is 2.24 bits per heavy atom. The summed E-state index contributed by atoms with van der Waals surface area (Å²) in [7, 11) is 0. The normalized spacial score (nSPS) is 14.8. The summed E-state index contributed by atoms with van der Waals surface area (Å²) in [6.45, 7) is 2.10. The van der Waals surface area contributed by atoms with Gasteiger partial charge < -0.3 is 10.3 Å². The highest BCUT2D eigenvalue weighted by Gasteiger charge is 2.12. The monoisotopic (exact) mass is 300 g/mol. The second kappa shape index (κ2) is 5.73. The van der Waals surface area contributed by atoms with E-state index in [1.165, 1.54) is 17.3 Å². The molecule has 0 saturated carbocycles. The Bertz CT molecular complexity index is 807. The Labute approximate surface area is 126 Å². The fourth-order valence-corrected chi connectivity index (χ4v) is 2.70. The average Bonchev–Trinajstić information content (AvgIpc) is 2.47. The summed E-state index contributed by atoms with van der Waals surface area (Å²) in [6, 6.07) is 1.79. The Morgan fingerprint density at radius 3 is 3.00 bits per heavy atom. The van der Waals surface area contributed by atoms with Crippen LogP contribution in [0.2, 0.25) is 0 Å². The van der Waals surface area contributed by atoms with Crippen molar-refractivity contribution in [1.29, 1.82) is 0 Å². The Balaban J connectivity index is 2.12. The molecule has 2 heterocycles. The van der Waals surface area contributed by atoms with E-state index in [4.69, 9.17) is 0 Å². The molecular weight excluding hydrogens is 284 g/mol. The third-order valence-corrected chi connectivity index (χ3v) is 3.90.